The van der Waals surface area contributed by atoms with Crippen LogP contribution >= 0.6 is 11.6 Å². The van der Waals surface area contributed by atoms with E-state index in [0.717, 1.165) is 6.07 Å². The molecule has 0 fully saturated rings. The Labute approximate surface area is 165 Å². The van der Waals surface area contributed by atoms with Gasteiger partial charge in [-0.05, 0) is 36.4 Å². The summed E-state index contributed by atoms with van der Waals surface area (Å²) in [4.78, 5) is 23.2. The summed E-state index contributed by atoms with van der Waals surface area (Å²) < 4.78 is 19.2. The molecule has 0 spiro atoms. The van der Waals surface area contributed by atoms with Gasteiger partial charge in [0.2, 0.25) is 0 Å². The zero-order chi connectivity index (χ0) is 20.1. The van der Waals surface area contributed by atoms with E-state index in [1.54, 1.807) is 36.5 Å². The minimum Gasteiger partial charge on any atom is -0.481 e. The first-order chi connectivity index (χ1) is 13.4. The van der Waals surface area contributed by atoms with Gasteiger partial charge in [-0.3, -0.25) is 4.79 Å². The molecule has 144 valence electrons. The van der Waals surface area contributed by atoms with Crippen LogP contribution in [0.25, 0.3) is 11.4 Å². The number of hydrogen-bond acceptors (Lipinski definition) is 6. The highest BCUT2D eigenvalue weighted by Crippen LogP contribution is 2.26. The Balaban J connectivity index is 1.72. The van der Waals surface area contributed by atoms with E-state index in [2.05, 4.69) is 15.0 Å². The summed E-state index contributed by atoms with van der Waals surface area (Å²) in [6, 6.07) is 9.00. The first-order valence-electron chi connectivity index (χ1n) is 8.29. The Morgan fingerprint density at radius 2 is 2.00 bits per heavy atom. The van der Waals surface area contributed by atoms with Crippen molar-refractivity contribution < 1.29 is 19.0 Å². The summed E-state index contributed by atoms with van der Waals surface area (Å²) in [7, 11) is 0. The molecule has 0 radical (unpaired) electrons. The quantitative estimate of drug-likeness (QED) is 0.622. The molecule has 3 aromatic rings. The van der Waals surface area contributed by atoms with E-state index in [-0.39, 0.29) is 17.3 Å². The predicted molar refractivity (Wildman–Crippen MR) is 101 cm³/mol. The number of hydrogen-bond donors (Lipinski definition) is 2. The van der Waals surface area contributed by atoms with Crippen molar-refractivity contribution in [3.8, 4) is 23.0 Å². The van der Waals surface area contributed by atoms with Crippen molar-refractivity contribution in [3.05, 3.63) is 65.3 Å². The van der Waals surface area contributed by atoms with Crippen LogP contribution in [0.4, 0.5) is 4.39 Å². The number of pyridine rings is 1. The van der Waals surface area contributed by atoms with Crippen LogP contribution in [0.1, 0.15) is 12.1 Å². The molecule has 0 aliphatic rings. The second-order valence-electron chi connectivity index (χ2n) is 6.00. The first-order valence-corrected chi connectivity index (χ1v) is 8.67. The fourth-order valence-corrected chi connectivity index (χ4v) is 2.62. The predicted octanol–water partition coefficient (Wildman–Crippen LogP) is 3.47. The molecule has 1 atom stereocenters. The molecule has 2 heterocycles. The number of aromatic nitrogens is 3. The third kappa shape index (κ3) is 5.21. The largest absolute Gasteiger partial charge is 0.481 e. The zero-order valence-electron chi connectivity index (χ0n) is 14.5. The van der Waals surface area contributed by atoms with Gasteiger partial charge >= 0.3 is 5.97 Å². The summed E-state index contributed by atoms with van der Waals surface area (Å²) in [5.74, 6) is -0.948. The van der Waals surface area contributed by atoms with Gasteiger partial charge in [0, 0.05) is 36.1 Å². The lowest BCUT2D eigenvalue weighted by Gasteiger charge is -2.09. The summed E-state index contributed by atoms with van der Waals surface area (Å²) in [6.07, 6.45) is 3.07. The maximum atomic E-state index is 13.8. The second-order valence-corrected chi connectivity index (χ2v) is 6.44. The smallest absolute Gasteiger partial charge is 0.304 e. The minimum absolute atomic E-state index is 0.138. The molecule has 1 unspecified atom stereocenters. The van der Waals surface area contributed by atoms with E-state index >= 15 is 0 Å². The molecule has 0 bridgehead atoms. The second kappa shape index (κ2) is 8.73. The van der Waals surface area contributed by atoms with E-state index < -0.39 is 17.8 Å². The maximum Gasteiger partial charge on any atom is 0.304 e. The summed E-state index contributed by atoms with van der Waals surface area (Å²) in [5.41, 5.74) is 7.17. The molecule has 7 nitrogen and oxygen atoms in total. The minimum atomic E-state index is -0.955. The molecule has 0 saturated heterocycles. The Bertz CT molecular complexity index is 985. The number of benzene rings is 1. The van der Waals surface area contributed by atoms with Gasteiger partial charge in [0.1, 0.15) is 5.75 Å². The Morgan fingerprint density at radius 3 is 2.68 bits per heavy atom. The van der Waals surface area contributed by atoms with Crippen molar-refractivity contribution in [2.24, 2.45) is 5.73 Å². The lowest BCUT2D eigenvalue weighted by atomic mass is 10.1. The number of nitrogens with zero attached hydrogens (tertiary/aromatic N) is 3. The number of halogens is 2. The van der Waals surface area contributed by atoms with Crippen LogP contribution in [-0.2, 0) is 11.2 Å². The number of aliphatic carboxylic acids is 1. The highest BCUT2D eigenvalue weighted by molar-refractivity contribution is 6.30. The highest BCUT2D eigenvalue weighted by atomic mass is 35.5. The molecule has 28 heavy (non-hydrogen) atoms. The van der Waals surface area contributed by atoms with Gasteiger partial charge in [-0.2, -0.15) is 0 Å². The number of nitrogens with two attached hydrogens (primary N) is 1. The van der Waals surface area contributed by atoms with E-state index in [4.69, 9.17) is 27.2 Å². The van der Waals surface area contributed by atoms with Crippen LogP contribution in [0.5, 0.6) is 11.6 Å². The molecular formula is C19H16ClFN4O3. The molecule has 3 N–H and O–H groups in total. The summed E-state index contributed by atoms with van der Waals surface area (Å²) in [5, 5.41) is 8.98. The average molecular weight is 403 g/mol. The lowest BCUT2D eigenvalue weighted by molar-refractivity contribution is -0.137. The number of rotatable bonds is 7. The SMILES string of the molecule is NC(CC(=O)O)Cc1ccnc(-c2ccc(Oc3ncc(Cl)cc3F)cc2)n1. The van der Waals surface area contributed by atoms with Gasteiger partial charge in [-0.15, -0.1) is 0 Å². The molecule has 1 aromatic carbocycles. The number of carboxylic acid groups (broad SMARTS) is 1. The molecule has 9 heteroatoms. The van der Waals surface area contributed by atoms with Crippen LogP contribution in [0.2, 0.25) is 5.02 Å². The highest BCUT2D eigenvalue weighted by Gasteiger charge is 2.12. The monoisotopic (exact) mass is 402 g/mol. The van der Waals surface area contributed by atoms with Crippen molar-refractivity contribution in [2.75, 3.05) is 0 Å². The topological polar surface area (TPSA) is 111 Å². The zero-order valence-corrected chi connectivity index (χ0v) is 15.3. The summed E-state index contributed by atoms with van der Waals surface area (Å²) >= 11 is 5.67. The number of carbonyl (C=O) groups is 1. The van der Waals surface area contributed by atoms with Crippen LogP contribution in [0.15, 0.2) is 48.8 Å². The van der Waals surface area contributed by atoms with Gasteiger partial charge in [-0.1, -0.05) is 11.6 Å². The number of carboxylic acids is 1. The molecule has 0 aliphatic heterocycles. The average Bonchev–Trinajstić information content (AvgIpc) is 2.64. The molecular weight excluding hydrogens is 387 g/mol. The normalized spacial score (nSPS) is 11.8. The van der Waals surface area contributed by atoms with Crippen molar-refractivity contribution >= 4 is 17.6 Å². The van der Waals surface area contributed by atoms with Gasteiger partial charge < -0.3 is 15.6 Å². The molecule has 2 aromatic heterocycles. The number of ether oxygens (including phenoxy) is 1. The molecule has 3 rings (SSSR count). The van der Waals surface area contributed by atoms with Crippen molar-refractivity contribution in [3.63, 3.8) is 0 Å². The van der Waals surface area contributed by atoms with Crippen molar-refractivity contribution in [1.82, 2.24) is 15.0 Å². The van der Waals surface area contributed by atoms with Crippen LogP contribution in [0, 0.1) is 5.82 Å². The van der Waals surface area contributed by atoms with Gasteiger partial charge in [0.25, 0.3) is 5.88 Å². The van der Waals surface area contributed by atoms with E-state index in [0.29, 0.717) is 29.3 Å². The van der Waals surface area contributed by atoms with E-state index in [1.165, 1.54) is 6.20 Å². The van der Waals surface area contributed by atoms with Gasteiger partial charge in [0.05, 0.1) is 11.4 Å². The van der Waals surface area contributed by atoms with Crippen molar-refractivity contribution in [1.29, 1.82) is 0 Å². The van der Waals surface area contributed by atoms with E-state index in [1.807, 2.05) is 0 Å². The van der Waals surface area contributed by atoms with Crippen LogP contribution < -0.4 is 10.5 Å². The molecule has 0 amide bonds. The fourth-order valence-electron chi connectivity index (χ4n) is 2.47. The lowest BCUT2D eigenvalue weighted by Crippen LogP contribution is -2.26. The maximum absolute atomic E-state index is 13.8. The van der Waals surface area contributed by atoms with Crippen LogP contribution in [-0.4, -0.2) is 32.1 Å². The standard InChI is InChI=1S/C19H16ClFN4O3/c20-12-7-16(21)19(24-10-12)28-15-3-1-11(2-4-15)18-23-6-5-14(25-18)8-13(22)9-17(26)27/h1-7,10,13H,8-9,22H2,(H,26,27). The Hall–Kier alpha value is -3.10. The molecule has 0 saturated carbocycles. The first kappa shape index (κ1) is 19.7. The van der Waals surface area contributed by atoms with Crippen LogP contribution in [0.3, 0.4) is 0 Å². The molecule has 0 aliphatic carbocycles. The fraction of sp³-hybridized carbons (Fsp3) is 0.158. The third-order valence-corrected chi connectivity index (χ3v) is 3.93. The Kier molecular flexibility index (Phi) is 6.13. The van der Waals surface area contributed by atoms with E-state index in [9.17, 15) is 9.18 Å². The van der Waals surface area contributed by atoms with Crippen molar-refractivity contribution in [2.45, 2.75) is 18.9 Å². The van der Waals surface area contributed by atoms with Gasteiger partial charge in [-0.25, -0.2) is 19.3 Å². The Morgan fingerprint density at radius 1 is 1.25 bits per heavy atom. The summed E-state index contributed by atoms with van der Waals surface area (Å²) in [6.45, 7) is 0. The van der Waals surface area contributed by atoms with Gasteiger partial charge in [0.15, 0.2) is 11.6 Å². The third-order valence-electron chi connectivity index (χ3n) is 3.72.